The maximum atomic E-state index is 11.0. The number of unbranched alkanes of at least 4 members (excludes halogenated alkanes) is 1. The zero-order valence-electron chi connectivity index (χ0n) is 10.0. The summed E-state index contributed by atoms with van der Waals surface area (Å²) >= 11 is 0. The molecule has 0 aliphatic rings. The van der Waals surface area contributed by atoms with Gasteiger partial charge in [0.25, 0.3) is 0 Å². The van der Waals surface area contributed by atoms with Crippen LogP contribution in [-0.4, -0.2) is 18.4 Å². The molecule has 0 heterocycles. The summed E-state index contributed by atoms with van der Waals surface area (Å²) in [5.41, 5.74) is 0. The van der Waals surface area contributed by atoms with Gasteiger partial charge < -0.3 is 4.74 Å². The highest BCUT2D eigenvalue weighted by Crippen LogP contribution is 2.11. The van der Waals surface area contributed by atoms with E-state index in [0.717, 1.165) is 6.42 Å². The summed E-state index contributed by atoms with van der Waals surface area (Å²) in [5.74, 6) is 0.0549. The van der Waals surface area contributed by atoms with Crippen LogP contribution in [0.2, 0.25) is 0 Å². The Labute approximate surface area is 92.2 Å². The normalized spacial score (nSPS) is 12.2. The van der Waals surface area contributed by atoms with Crippen molar-refractivity contribution in [1.29, 1.82) is 0 Å². The molecule has 15 heavy (non-hydrogen) atoms. The molecule has 1 unspecified atom stereocenters. The van der Waals surface area contributed by atoms with Gasteiger partial charge in [-0.1, -0.05) is 33.1 Å². The van der Waals surface area contributed by atoms with Crippen molar-refractivity contribution < 1.29 is 14.3 Å². The fourth-order valence-electron chi connectivity index (χ4n) is 1.33. The quantitative estimate of drug-likeness (QED) is 0.461. The summed E-state index contributed by atoms with van der Waals surface area (Å²) in [7, 11) is 0. The molecule has 0 amide bonds. The summed E-state index contributed by atoms with van der Waals surface area (Å²) < 4.78 is 4.94. The molecule has 0 aromatic carbocycles. The van der Waals surface area contributed by atoms with Crippen molar-refractivity contribution in [1.82, 2.24) is 0 Å². The Morgan fingerprint density at radius 2 is 1.93 bits per heavy atom. The molecule has 0 fully saturated rings. The molecule has 0 aliphatic carbocycles. The predicted octanol–water partition coefficient (Wildman–Crippen LogP) is 2.73. The first-order chi connectivity index (χ1) is 7.06. The first-order valence-corrected chi connectivity index (χ1v) is 5.71. The SMILES string of the molecule is CCCCC(C)CCOC(=O)CC(C)=O. The molecular formula is C12H22O3. The number of carbonyl (C=O) groups is 2. The van der Waals surface area contributed by atoms with Gasteiger partial charge in [-0.15, -0.1) is 0 Å². The van der Waals surface area contributed by atoms with Gasteiger partial charge in [-0.05, 0) is 19.3 Å². The van der Waals surface area contributed by atoms with Gasteiger partial charge in [0.1, 0.15) is 12.2 Å². The third-order valence-electron chi connectivity index (χ3n) is 2.32. The highest BCUT2D eigenvalue weighted by molar-refractivity contribution is 5.94. The Morgan fingerprint density at radius 1 is 1.27 bits per heavy atom. The number of carbonyl (C=O) groups excluding carboxylic acids is 2. The van der Waals surface area contributed by atoms with E-state index in [1.165, 1.54) is 26.2 Å². The van der Waals surface area contributed by atoms with E-state index in [4.69, 9.17) is 4.74 Å². The van der Waals surface area contributed by atoms with Gasteiger partial charge in [0.15, 0.2) is 0 Å². The van der Waals surface area contributed by atoms with E-state index in [-0.39, 0.29) is 12.2 Å². The first kappa shape index (κ1) is 14.1. The molecule has 1 atom stereocenters. The number of ether oxygens (including phenoxy) is 1. The van der Waals surface area contributed by atoms with Crippen LogP contribution in [-0.2, 0) is 14.3 Å². The summed E-state index contributed by atoms with van der Waals surface area (Å²) in [6, 6.07) is 0. The molecule has 3 nitrogen and oxygen atoms in total. The minimum absolute atomic E-state index is 0.0939. The van der Waals surface area contributed by atoms with Crippen LogP contribution < -0.4 is 0 Å². The van der Waals surface area contributed by atoms with E-state index in [2.05, 4.69) is 13.8 Å². The number of rotatable bonds is 8. The standard InChI is InChI=1S/C12H22O3/c1-4-5-6-10(2)7-8-15-12(14)9-11(3)13/h10H,4-9H2,1-3H3. The summed E-state index contributed by atoms with van der Waals surface area (Å²) in [6.45, 7) is 6.16. The molecule has 0 N–H and O–H groups in total. The summed E-state index contributed by atoms with van der Waals surface area (Å²) in [5, 5.41) is 0. The Bertz CT molecular complexity index is 199. The van der Waals surface area contributed by atoms with Gasteiger partial charge in [0, 0.05) is 0 Å². The highest BCUT2D eigenvalue weighted by atomic mass is 16.5. The number of hydrogen-bond donors (Lipinski definition) is 0. The maximum absolute atomic E-state index is 11.0. The van der Waals surface area contributed by atoms with E-state index >= 15 is 0 Å². The lowest BCUT2D eigenvalue weighted by Gasteiger charge is -2.10. The van der Waals surface area contributed by atoms with Crippen molar-refractivity contribution in [2.75, 3.05) is 6.61 Å². The number of ketones is 1. The molecule has 0 aliphatic heterocycles. The molecule has 0 bridgehead atoms. The van der Waals surface area contributed by atoms with Gasteiger partial charge in [0.05, 0.1) is 6.61 Å². The van der Waals surface area contributed by atoms with Crippen LogP contribution >= 0.6 is 0 Å². The second-order valence-electron chi connectivity index (χ2n) is 4.14. The molecule has 0 radical (unpaired) electrons. The average Bonchev–Trinajstić information content (AvgIpc) is 2.13. The van der Waals surface area contributed by atoms with E-state index in [9.17, 15) is 9.59 Å². The molecule has 88 valence electrons. The highest BCUT2D eigenvalue weighted by Gasteiger charge is 2.07. The Morgan fingerprint density at radius 3 is 2.47 bits per heavy atom. The van der Waals surface area contributed by atoms with E-state index in [1.54, 1.807) is 0 Å². The second-order valence-corrected chi connectivity index (χ2v) is 4.14. The zero-order chi connectivity index (χ0) is 11.7. The van der Waals surface area contributed by atoms with E-state index < -0.39 is 5.97 Å². The van der Waals surface area contributed by atoms with Gasteiger partial charge in [-0.2, -0.15) is 0 Å². The van der Waals surface area contributed by atoms with Crippen LogP contribution in [0.1, 0.15) is 52.9 Å². The van der Waals surface area contributed by atoms with Crippen LogP contribution in [0, 0.1) is 5.92 Å². The van der Waals surface area contributed by atoms with Gasteiger partial charge in [-0.3, -0.25) is 9.59 Å². The monoisotopic (exact) mass is 214 g/mol. The minimum atomic E-state index is -0.398. The van der Waals surface area contributed by atoms with Crippen LogP contribution in [0.25, 0.3) is 0 Å². The zero-order valence-corrected chi connectivity index (χ0v) is 10.0. The molecule has 3 heteroatoms. The largest absolute Gasteiger partial charge is 0.465 e. The third-order valence-corrected chi connectivity index (χ3v) is 2.32. The topological polar surface area (TPSA) is 43.4 Å². The Balaban J connectivity index is 3.43. The Hall–Kier alpha value is -0.860. The average molecular weight is 214 g/mol. The van der Waals surface area contributed by atoms with Crippen molar-refractivity contribution in [2.24, 2.45) is 5.92 Å². The smallest absolute Gasteiger partial charge is 0.313 e. The number of esters is 1. The number of Topliss-reactive ketones (excluding diaryl/α,β-unsaturated/α-hetero) is 1. The molecule has 0 aromatic rings. The van der Waals surface area contributed by atoms with Crippen molar-refractivity contribution in [2.45, 2.75) is 52.9 Å². The molecule has 0 rings (SSSR count). The lowest BCUT2D eigenvalue weighted by molar-refractivity contribution is -0.146. The maximum Gasteiger partial charge on any atom is 0.313 e. The summed E-state index contributed by atoms with van der Waals surface area (Å²) in [6.07, 6.45) is 4.41. The van der Waals surface area contributed by atoms with Gasteiger partial charge in [0.2, 0.25) is 0 Å². The summed E-state index contributed by atoms with van der Waals surface area (Å²) in [4.78, 5) is 21.6. The van der Waals surface area contributed by atoms with Crippen molar-refractivity contribution in [3.63, 3.8) is 0 Å². The fraction of sp³-hybridized carbons (Fsp3) is 0.833. The van der Waals surface area contributed by atoms with Crippen LogP contribution in [0.3, 0.4) is 0 Å². The minimum Gasteiger partial charge on any atom is -0.465 e. The van der Waals surface area contributed by atoms with Crippen LogP contribution in [0.15, 0.2) is 0 Å². The van der Waals surface area contributed by atoms with E-state index in [1.807, 2.05) is 0 Å². The lowest BCUT2D eigenvalue weighted by Crippen LogP contribution is -2.11. The van der Waals surface area contributed by atoms with Gasteiger partial charge in [-0.25, -0.2) is 0 Å². The first-order valence-electron chi connectivity index (χ1n) is 5.71. The second kappa shape index (κ2) is 8.45. The van der Waals surface area contributed by atoms with Crippen molar-refractivity contribution >= 4 is 11.8 Å². The van der Waals surface area contributed by atoms with Gasteiger partial charge >= 0.3 is 5.97 Å². The molecule has 0 saturated carbocycles. The molecule has 0 aromatic heterocycles. The van der Waals surface area contributed by atoms with Crippen molar-refractivity contribution in [3.8, 4) is 0 Å². The van der Waals surface area contributed by atoms with Crippen molar-refractivity contribution in [3.05, 3.63) is 0 Å². The van der Waals surface area contributed by atoms with Crippen LogP contribution in [0.4, 0.5) is 0 Å². The lowest BCUT2D eigenvalue weighted by atomic mass is 10.0. The molecule has 0 spiro atoms. The predicted molar refractivity (Wildman–Crippen MR) is 59.6 cm³/mol. The number of hydrogen-bond acceptors (Lipinski definition) is 3. The fourth-order valence-corrected chi connectivity index (χ4v) is 1.33. The van der Waals surface area contributed by atoms with E-state index in [0.29, 0.717) is 12.5 Å². The molecular weight excluding hydrogens is 192 g/mol. The Kier molecular flexibility index (Phi) is 7.96. The third kappa shape index (κ3) is 9.44. The molecule has 0 saturated heterocycles. The van der Waals surface area contributed by atoms with Crippen LogP contribution in [0.5, 0.6) is 0 Å².